The van der Waals surface area contributed by atoms with E-state index in [0.29, 0.717) is 73.4 Å². The van der Waals surface area contributed by atoms with Gasteiger partial charge in [-0.2, -0.15) is 0 Å². The highest BCUT2D eigenvalue weighted by Gasteiger charge is 2.31. The maximum atomic E-state index is 13.1. The molecule has 2 aliphatic heterocycles. The van der Waals surface area contributed by atoms with Gasteiger partial charge in [0.1, 0.15) is 48.0 Å². The van der Waals surface area contributed by atoms with Gasteiger partial charge in [-0.25, -0.2) is 19.9 Å². The predicted octanol–water partition coefficient (Wildman–Crippen LogP) is 11.6. The number of carbonyl (C=O) groups excluding carboxylic acids is 3. The second-order valence-corrected chi connectivity index (χ2v) is 19.9. The number of aryl methyl sites for hydroxylation is 3. The average Bonchev–Trinajstić information content (AvgIpc) is 3.11. The highest BCUT2D eigenvalue weighted by atomic mass is 35.5. The number of fused-ring (bicyclic) bond motifs is 5. The number of nitrogens with two attached hydrogens (primary N) is 1. The molecule has 0 unspecified atom stereocenters. The summed E-state index contributed by atoms with van der Waals surface area (Å²) in [6.07, 6.45) is 9.53. The zero-order valence-electron chi connectivity index (χ0n) is 46.2. The molecule has 14 rings (SSSR count). The molecule has 90 heavy (non-hydrogen) atoms. The van der Waals surface area contributed by atoms with Crippen molar-refractivity contribution in [1.29, 1.82) is 0 Å². The highest BCUT2D eigenvalue weighted by Crippen LogP contribution is 2.35. The Morgan fingerprint density at radius 3 is 1.47 bits per heavy atom. The highest BCUT2D eigenvalue weighted by molar-refractivity contribution is 6.40. The standard InChI is InChI=1S/C20H16Cl2N4O3.C18H13ClN6O3.C18H15N7O3.CH3Cl.3CH4/c1-12-23-24-20(29-12)26-8-7-13-11-14(5-6-17(13)26)25(9-10-27)19(28)18-15(21)3-2-4-16(18)22;2*1-10-22-23-18(28-10)25-5-4-11-8-12(2-3-13(11)25)24-6-7-27-16-14(17(24)26)15(19)20-9-21-16;1-2;;;/h2-8,11,27H,9-10H2,1H3;2-5,8-9H,6-7H2,1H3;2-5,8-9H,6-7H2,1H3,(H2,19,20,21);1H3;3*1H4. The van der Waals surface area contributed by atoms with E-state index in [1.165, 1.54) is 23.9 Å². The van der Waals surface area contributed by atoms with Crippen LogP contribution in [0.5, 0.6) is 11.8 Å². The first-order valence-electron chi connectivity index (χ1n) is 26.2. The number of benzene rings is 4. The van der Waals surface area contributed by atoms with Crippen LogP contribution < -0.4 is 29.9 Å². The minimum absolute atomic E-state index is 0. The fourth-order valence-electron chi connectivity index (χ4n) is 9.59. The van der Waals surface area contributed by atoms with Crippen LogP contribution in [0.1, 0.15) is 71.0 Å². The summed E-state index contributed by atoms with van der Waals surface area (Å²) in [6.45, 7) is 6.40. The summed E-state index contributed by atoms with van der Waals surface area (Å²) in [7, 11) is 0. The van der Waals surface area contributed by atoms with E-state index in [4.69, 9.17) is 63.3 Å². The Hall–Kier alpha value is -9.99. The number of alkyl halides is 1. The third-order valence-electron chi connectivity index (χ3n) is 13.5. The average molecular weight is 1300 g/mol. The number of hydrogen-bond acceptors (Lipinski definition) is 20. The molecular weight excluding hydrogens is 1240 g/mol. The third kappa shape index (κ3) is 13.1. The van der Waals surface area contributed by atoms with Gasteiger partial charge >= 0.3 is 18.0 Å². The number of anilines is 4. The van der Waals surface area contributed by atoms with E-state index in [1.54, 1.807) is 68.5 Å². The SMILES string of the molecule is C.C.C.CCl.Cc1nnc(-n2ccc3cc(N(CCO)C(=O)c4c(Cl)cccc4Cl)ccc32)o1.Cc1nnc(-n2ccc3cc(N4CCOc5ncnc(Cl)c5C4=O)ccc32)o1.Cc1nnc(-n2ccc3cc(N4CCOc5ncnc(N)c5C4=O)ccc32)o1. The van der Waals surface area contributed by atoms with Crippen molar-refractivity contribution in [1.82, 2.24) is 64.2 Å². The molecule has 0 bridgehead atoms. The summed E-state index contributed by atoms with van der Waals surface area (Å²) in [5, 5.41) is 36.5. The first-order chi connectivity index (χ1) is 42.2. The van der Waals surface area contributed by atoms with Crippen LogP contribution in [0.4, 0.5) is 22.9 Å². The summed E-state index contributed by atoms with van der Waals surface area (Å²) in [5.74, 6) is 0.965. The number of hydrogen-bond donors (Lipinski definition) is 2. The van der Waals surface area contributed by atoms with Gasteiger partial charge in [0.05, 0.1) is 51.9 Å². The van der Waals surface area contributed by atoms with Gasteiger partial charge in [-0.3, -0.25) is 28.1 Å². The Morgan fingerprint density at radius 2 is 1.01 bits per heavy atom. The molecule has 10 heterocycles. The topological polar surface area (TPSA) is 309 Å². The van der Waals surface area contributed by atoms with Crippen molar-refractivity contribution in [2.75, 3.05) is 66.3 Å². The lowest BCUT2D eigenvalue weighted by Crippen LogP contribution is -2.34. The summed E-state index contributed by atoms with van der Waals surface area (Å²) < 4.78 is 33.0. The van der Waals surface area contributed by atoms with Crippen molar-refractivity contribution in [2.45, 2.75) is 43.1 Å². The van der Waals surface area contributed by atoms with Crippen molar-refractivity contribution in [3.8, 4) is 29.8 Å². The quantitative estimate of drug-likeness (QED) is 0.100. The Kier molecular flexibility index (Phi) is 20.9. The number of ether oxygens (including phenoxy) is 2. The molecular formula is C60H59Cl4N17O9. The second kappa shape index (κ2) is 28.4. The van der Waals surface area contributed by atoms with Gasteiger partial charge in [0.2, 0.25) is 29.4 Å². The zero-order valence-corrected chi connectivity index (χ0v) is 49.3. The molecule has 3 amide bonds. The molecule has 0 fully saturated rings. The number of carbonyl (C=O) groups is 3. The maximum Gasteiger partial charge on any atom is 0.327 e. The second-order valence-electron chi connectivity index (χ2n) is 18.8. The van der Waals surface area contributed by atoms with Crippen molar-refractivity contribution in [3.05, 3.63) is 172 Å². The molecule has 466 valence electrons. The summed E-state index contributed by atoms with van der Waals surface area (Å²) in [5.41, 5.74) is 11.1. The first-order valence-corrected chi connectivity index (χ1v) is 28.1. The number of aliphatic hydroxyl groups is 1. The lowest BCUT2D eigenvalue weighted by Gasteiger charge is -2.23. The Morgan fingerprint density at radius 1 is 0.578 bits per heavy atom. The molecule has 30 heteroatoms. The minimum atomic E-state index is -0.388. The number of halogens is 4. The molecule has 0 atom stereocenters. The van der Waals surface area contributed by atoms with Crippen molar-refractivity contribution < 1.29 is 42.2 Å². The molecule has 0 spiro atoms. The van der Waals surface area contributed by atoms with Crippen LogP contribution in [0.15, 0.2) is 135 Å². The molecule has 2 aliphatic rings. The summed E-state index contributed by atoms with van der Waals surface area (Å²) in [6, 6.07) is 28.5. The van der Waals surface area contributed by atoms with Gasteiger partial charge in [-0.05, 0) is 84.9 Å². The van der Waals surface area contributed by atoms with Crippen LogP contribution in [0.25, 0.3) is 50.8 Å². The molecule has 0 saturated carbocycles. The van der Waals surface area contributed by atoms with E-state index < -0.39 is 0 Å². The monoisotopic (exact) mass is 1300 g/mol. The largest absolute Gasteiger partial charge is 0.475 e. The molecule has 26 nitrogen and oxygen atoms in total. The lowest BCUT2D eigenvalue weighted by atomic mass is 10.1. The van der Waals surface area contributed by atoms with Crippen LogP contribution in [0.3, 0.4) is 0 Å². The minimum Gasteiger partial charge on any atom is -0.475 e. The normalized spacial score (nSPS) is 12.4. The molecule has 3 N–H and O–H groups in total. The first kappa shape index (κ1) is 66.0. The number of amides is 3. The van der Waals surface area contributed by atoms with Gasteiger partial charge in [0, 0.05) is 85.5 Å². The number of nitrogens with zero attached hydrogens (tertiary/aromatic N) is 16. The molecule has 12 aromatic rings. The van der Waals surface area contributed by atoms with E-state index in [0.717, 1.165) is 38.4 Å². The summed E-state index contributed by atoms with van der Waals surface area (Å²) in [4.78, 5) is 59.8. The van der Waals surface area contributed by atoms with E-state index in [1.807, 2.05) is 85.3 Å². The van der Waals surface area contributed by atoms with Gasteiger partial charge in [0.25, 0.3) is 17.7 Å². The molecule has 8 aromatic heterocycles. The van der Waals surface area contributed by atoms with Crippen LogP contribution in [-0.4, -0.2) is 133 Å². The summed E-state index contributed by atoms with van der Waals surface area (Å²) >= 11 is 23.2. The van der Waals surface area contributed by atoms with Crippen LogP contribution >= 0.6 is 46.4 Å². The third-order valence-corrected chi connectivity index (χ3v) is 14.4. The van der Waals surface area contributed by atoms with Crippen molar-refractivity contribution in [2.24, 2.45) is 0 Å². The van der Waals surface area contributed by atoms with E-state index >= 15 is 0 Å². The smallest absolute Gasteiger partial charge is 0.327 e. The van der Waals surface area contributed by atoms with Crippen LogP contribution in [0.2, 0.25) is 15.2 Å². The molecule has 0 radical (unpaired) electrons. The molecule has 0 aliphatic carbocycles. The van der Waals surface area contributed by atoms with E-state index in [-0.39, 0.29) is 103 Å². The Balaban J connectivity index is 0.000000169. The van der Waals surface area contributed by atoms with E-state index in [9.17, 15) is 19.5 Å². The van der Waals surface area contributed by atoms with Gasteiger partial charge in [0.15, 0.2) is 0 Å². The molecule has 0 saturated heterocycles. The Labute approximate surface area is 534 Å². The van der Waals surface area contributed by atoms with E-state index in [2.05, 4.69) is 62.1 Å². The van der Waals surface area contributed by atoms with Crippen LogP contribution in [-0.2, 0) is 0 Å². The van der Waals surface area contributed by atoms with Gasteiger partial charge in [-0.1, -0.05) is 78.4 Å². The number of aromatic nitrogens is 13. The van der Waals surface area contributed by atoms with Crippen molar-refractivity contribution >= 4 is 120 Å². The van der Waals surface area contributed by atoms with Gasteiger partial charge < -0.3 is 48.3 Å². The lowest BCUT2D eigenvalue weighted by molar-refractivity contribution is 0.0976. The predicted molar refractivity (Wildman–Crippen MR) is 343 cm³/mol. The molecule has 4 aromatic carbocycles. The van der Waals surface area contributed by atoms with Crippen molar-refractivity contribution in [3.63, 3.8) is 0 Å². The number of aliphatic hydroxyl groups excluding tert-OH is 1. The number of rotatable bonds is 9. The maximum absolute atomic E-state index is 13.1. The van der Waals surface area contributed by atoms with Gasteiger partial charge in [-0.15, -0.1) is 26.9 Å². The number of nitrogen functional groups attached to an aromatic ring is 1. The fourth-order valence-corrected chi connectivity index (χ4v) is 10.4. The Bertz CT molecular complexity index is 4330. The van der Waals surface area contributed by atoms with Crippen LogP contribution in [0, 0.1) is 20.8 Å². The fraction of sp³-hybridized carbons (Fsp3) is 0.217. The zero-order chi connectivity index (χ0) is 61.0.